The molecule has 118 valence electrons. The van der Waals surface area contributed by atoms with Gasteiger partial charge in [0.15, 0.2) is 23.8 Å². The molecule has 24 heavy (non-hydrogen) atoms. The van der Waals surface area contributed by atoms with Crippen molar-refractivity contribution < 1.29 is 4.42 Å². The first kappa shape index (κ1) is 14.0. The Morgan fingerprint density at radius 2 is 1.92 bits per heavy atom. The molecule has 1 saturated heterocycles. The molecule has 4 aromatic rings. The third-order valence-electron chi connectivity index (χ3n) is 4.54. The maximum atomic E-state index is 6.12. The van der Waals surface area contributed by atoms with Gasteiger partial charge in [0.2, 0.25) is 0 Å². The lowest BCUT2D eigenvalue weighted by Crippen LogP contribution is -2.22. The quantitative estimate of drug-likeness (QED) is 0.415. The Kier molecular flexibility index (Phi) is 2.83. The van der Waals surface area contributed by atoms with Crippen molar-refractivity contribution in [2.45, 2.75) is 26.5 Å². The minimum absolute atomic E-state index is 0.468. The van der Waals surface area contributed by atoms with Crippen LogP contribution in [0.5, 0.6) is 0 Å². The van der Waals surface area contributed by atoms with Crippen molar-refractivity contribution in [3.05, 3.63) is 41.1 Å². The van der Waals surface area contributed by atoms with E-state index in [9.17, 15) is 0 Å². The Morgan fingerprint density at radius 1 is 1.08 bits per heavy atom. The minimum atomic E-state index is 0.468. The number of halogens is 1. The molecule has 3 aromatic heterocycles. The van der Waals surface area contributed by atoms with E-state index in [4.69, 9.17) is 16.0 Å². The second-order valence-corrected chi connectivity index (χ2v) is 6.74. The maximum Gasteiger partial charge on any atom is 0.192 e. The van der Waals surface area contributed by atoms with Crippen LogP contribution in [0.3, 0.4) is 0 Å². The summed E-state index contributed by atoms with van der Waals surface area (Å²) in [5.41, 5.74) is 5.66. The van der Waals surface area contributed by atoms with Gasteiger partial charge in [0.25, 0.3) is 0 Å². The van der Waals surface area contributed by atoms with Crippen molar-refractivity contribution in [1.82, 2.24) is 19.5 Å². The molecule has 0 saturated carbocycles. The molecule has 1 aliphatic heterocycles. The lowest BCUT2D eigenvalue weighted by atomic mass is 9.62. The molecule has 0 spiro atoms. The number of aromatic nitrogens is 4. The Hall–Kier alpha value is -2.34. The average molecular weight is 337 g/mol. The Balaban J connectivity index is 1.86. The molecule has 0 N–H and O–H groups in total. The molecule has 1 aliphatic rings. The topological polar surface area (TPSA) is 56.7 Å². The number of benzene rings is 1. The number of hydrogen-bond donors (Lipinski definition) is 0. The van der Waals surface area contributed by atoms with Crippen molar-refractivity contribution >= 4 is 46.0 Å². The van der Waals surface area contributed by atoms with Crippen LogP contribution in [-0.2, 0) is 0 Å². The zero-order chi connectivity index (χ0) is 16.4. The summed E-state index contributed by atoms with van der Waals surface area (Å²) in [5.74, 6) is 1.57. The summed E-state index contributed by atoms with van der Waals surface area (Å²) < 4.78 is 7.80. The highest BCUT2D eigenvalue weighted by molar-refractivity contribution is 6.83. The monoisotopic (exact) mass is 336 g/mol. The first-order valence-electron chi connectivity index (χ1n) is 8.03. The van der Waals surface area contributed by atoms with Crippen molar-refractivity contribution in [3.63, 3.8) is 0 Å². The summed E-state index contributed by atoms with van der Waals surface area (Å²) in [6.45, 7) is 4.42. The fourth-order valence-corrected chi connectivity index (χ4v) is 3.49. The molecule has 0 unspecified atom stereocenters. The van der Waals surface area contributed by atoms with Gasteiger partial charge in [0.05, 0.1) is 0 Å². The van der Waals surface area contributed by atoms with E-state index in [0.29, 0.717) is 17.8 Å². The van der Waals surface area contributed by atoms with Crippen LogP contribution in [0.15, 0.2) is 28.7 Å². The summed E-state index contributed by atoms with van der Waals surface area (Å²) in [4.78, 5) is 13.6. The fourth-order valence-electron chi connectivity index (χ4n) is 3.34. The summed E-state index contributed by atoms with van der Waals surface area (Å²) in [7, 11) is 0. The van der Waals surface area contributed by atoms with Gasteiger partial charge in [0.1, 0.15) is 22.0 Å². The van der Waals surface area contributed by atoms with Crippen molar-refractivity contribution in [3.8, 4) is 5.69 Å². The van der Waals surface area contributed by atoms with Crippen LogP contribution in [0.4, 0.5) is 0 Å². The molecule has 0 radical (unpaired) electrons. The van der Waals surface area contributed by atoms with Gasteiger partial charge in [-0.05, 0) is 31.2 Å². The van der Waals surface area contributed by atoms with E-state index in [-0.39, 0.29) is 0 Å². The normalized spacial score (nSPS) is 14.0. The maximum absolute atomic E-state index is 6.12. The third kappa shape index (κ3) is 2.06. The van der Waals surface area contributed by atoms with Crippen LogP contribution in [0.1, 0.15) is 11.7 Å². The molecule has 1 fully saturated rings. The van der Waals surface area contributed by atoms with Gasteiger partial charge in [-0.15, -0.1) is 0 Å². The van der Waals surface area contributed by atoms with E-state index in [2.05, 4.69) is 31.7 Å². The SMILES string of the molecule is Cc1nc2cc(-n3c(C)nc4ccc(Cl)nc43)c(B3CC3)cc2o1. The van der Waals surface area contributed by atoms with Gasteiger partial charge in [-0.1, -0.05) is 29.7 Å². The standard InChI is InChI=1S/C17H14BClN4O/c1-9-20-12-3-4-16(19)22-17(12)23(9)14-8-13-15(24-10(2)21-13)7-11(14)18-5-6-18/h3-4,7-8H,5-6H2,1-2H3. The number of hydrogen-bond acceptors (Lipinski definition) is 4. The average Bonchev–Trinajstić information content (AvgIpc) is 3.24. The molecular weight excluding hydrogens is 322 g/mol. The Labute approximate surface area is 143 Å². The largest absolute Gasteiger partial charge is 0.441 e. The zero-order valence-electron chi connectivity index (χ0n) is 13.4. The van der Waals surface area contributed by atoms with Gasteiger partial charge >= 0.3 is 0 Å². The van der Waals surface area contributed by atoms with Crippen molar-refractivity contribution in [2.75, 3.05) is 0 Å². The molecule has 1 aromatic carbocycles. The van der Waals surface area contributed by atoms with Crippen LogP contribution in [0.2, 0.25) is 17.8 Å². The minimum Gasteiger partial charge on any atom is -0.441 e. The molecule has 0 bridgehead atoms. The number of nitrogens with zero attached hydrogens (tertiary/aromatic N) is 4. The Morgan fingerprint density at radius 3 is 2.71 bits per heavy atom. The highest BCUT2D eigenvalue weighted by Gasteiger charge is 2.32. The predicted molar refractivity (Wildman–Crippen MR) is 95.9 cm³/mol. The second kappa shape index (κ2) is 4.83. The number of fused-ring (bicyclic) bond motifs is 2. The van der Waals surface area contributed by atoms with Crippen LogP contribution in [-0.4, -0.2) is 26.2 Å². The molecule has 0 amide bonds. The van der Waals surface area contributed by atoms with Crippen molar-refractivity contribution in [1.29, 1.82) is 0 Å². The molecule has 5 rings (SSSR count). The summed E-state index contributed by atoms with van der Waals surface area (Å²) in [6, 6.07) is 7.88. The first-order chi connectivity index (χ1) is 11.6. The number of aryl methyl sites for hydroxylation is 2. The first-order valence-corrected chi connectivity index (χ1v) is 8.41. The number of imidazole rings is 1. The highest BCUT2D eigenvalue weighted by Crippen LogP contribution is 2.29. The molecule has 5 nitrogen and oxygen atoms in total. The zero-order valence-corrected chi connectivity index (χ0v) is 14.1. The smallest absolute Gasteiger partial charge is 0.192 e. The second-order valence-electron chi connectivity index (χ2n) is 6.36. The molecular formula is C17H14BClN4O. The van der Waals surface area contributed by atoms with Gasteiger partial charge in [-0.2, -0.15) is 0 Å². The molecule has 4 heterocycles. The number of pyridine rings is 1. The van der Waals surface area contributed by atoms with Crippen LogP contribution >= 0.6 is 11.6 Å². The van der Waals surface area contributed by atoms with Gasteiger partial charge in [0, 0.05) is 12.6 Å². The summed E-state index contributed by atoms with van der Waals surface area (Å²) >= 11 is 6.12. The van der Waals surface area contributed by atoms with E-state index in [0.717, 1.165) is 33.8 Å². The Bertz CT molecular complexity index is 1110. The van der Waals surface area contributed by atoms with Crippen LogP contribution in [0, 0.1) is 13.8 Å². The van der Waals surface area contributed by atoms with Gasteiger partial charge < -0.3 is 4.42 Å². The van der Waals surface area contributed by atoms with Gasteiger partial charge in [-0.25, -0.2) is 15.0 Å². The number of oxazole rings is 1. The predicted octanol–water partition coefficient (Wildman–Crippen LogP) is 3.55. The van der Waals surface area contributed by atoms with Crippen LogP contribution < -0.4 is 5.46 Å². The lowest BCUT2D eigenvalue weighted by molar-refractivity contribution is 0.561. The third-order valence-corrected chi connectivity index (χ3v) is 4.75. The lowest BCUT2D eigenvalue weighted by Gasteiger charge is -2.12. The molecule has 0 aliphatic carbocycles. The van der Waals surface area contributed by atoms with E-state index < -0.39 is 0 Å². The summed E-state index contributed by atoms with van der Waals surface area (Å²) in [5, 5.41) is 0.468. The fraction of sp³-hybridized carbons (Fsp3) is 0.235. The van der Waals surface area contributed by atoms with Crippen molar-refractivity contribution in [2.24, 2.45) is 0 Å². The van der Waals surface area contributed by atoms with E-state index in [1.807, 2.05) is 19.9 Å². The summed E-state index contributed by atoms with van der Waals surface area (Å²) in [6.07, 6.45) is 2.40. The van der Waals surface area contributed by atoms with Crippen LogP contribution in [0.25, 0.3) is 28.0 Å². The number of rotatable bonds is 2. The molecule has 7 heteroatoms. The molecule has 0 atom stereocenters. The van der Waals surface area contributed by atoms with E-state index in [1.54, 1.807) is 6.07 Å². The van der Waals surface area contributed by atoms with E-state index in [1.165, 1.54) is 18.1 Å². The van der Waals surface area contributed by atoms with Gasteiger partial charge in [-0.3, -0.25) is 4.57 Å². The highest BCUT2D eigenvalue weighted by atomic mass is 35.5. The van der Waals surface area contributed by atoms with E-state index >= 15 is 0 Å².